The van der Waals surface area contributed by atoms with Gasteiger partial charge in [-0.05, 0) is 19.9 Å². The van der Waals surface area contributed by atoms with Gasteiger partial charge in [0.1, 0.15) is 17.2 Å². The average Bonchev–Trinajstić information content (AvgIpc) is 2.25. The molecule has 0 aliphatic heterocycles. The highest BCUT2D eigenvalue weighted by Gasteiger charge is 2.10. The lowest BCUT2D eigenvalue weighted by atomic mass is 10.2. The van der Waals surface area contributed by atoms with E-state index in [1.807, 2.05) is 13.8 Å². The fourth-order valence-electron chi connectivity index (χ4n) is 1.20. The predicted molar refractivity (Wildman–Crippen MR) is 61.6 cm³/mol. The van der Waals surface area contributed by atoms with E-state index in [4.69, 9.17) is 21.1 Å². The molecule has 4 nitrogen and oxygen atoms in total. The molecule has 0 aliphatic rings. The molecular formula is C11H12ClNO3. The number of isocyanates is 1. The van der Waals surface area contributed by atoms with Crippen LogP contribution in [-0.2, 0) is 4.79 Å². The Balaban J connectivity index is 3.19. The first-order valence-corrected chi connectivity index (χ1v) is 5.27. The minimum atomic E-state index is 0.352. The smallest absolute Gasteiger partial charge is 0.240 e. The van der Waals surface area contributed by atoms with Gasteiger partial charge in [-0.2, -0.15) is 4.99 Å². The number of hydrogen-bond acceptors (Lipinski definition) is 4. The molecule has 0 amide bonds. The molecule has 5 heteroatoms. The van der Waals surface area contributed by atoms with Crippen molar-refractivity contribution in [3.05, 3.63) is 17.2 Å². The molecule has 0 fully saturated rings. The van der Waals surface area contributed by atoms with Crippen LogP contribution in [0.1, 0.15) is 13.8 Å². The first-order valence-electron chi connectivity index (χ1n) is 4.89. The zero-order valence-electron chi connectivity index (χ0n) is 9.12. The maximum Gasteiger partial charge on any atom is 0.240 e. The topological polar surface area (TPSA) is 47.9 Å². The number of carbonyl (C=O) groups excluding carboxylic acids is 1. The van der Waals surface area contributed by atoms with E-state index in [2.05, 4.69) is 4.99 Å². The van der Waals surface area contributed by atoms with Gasteiger partial charge in [-0.1, -0.05) is 11.6 Å². The zero-order valence-corrected chi connectivity index (χ0v) is 9.87. The third-order valence-corrected chi connectivity index (χ3v) is 2.07. The first kappa shape index (κ1) is 12.6. The van der Waals surface area contributed by atoms with Crippen molar-refractivity contribution in [1.82, 2.24) is 0 Å². The summed E-state index contributed by atoms with van der Waals surface area (Å²) in [6.07, 6.45) is 1.46. The van der Waals surface area contributed by atoms with Crippen molar-refractivity contribution in [2.45, 2.75) is 13.8 Å². The third-order valence-electron chi connectivity index (χ3n) is 1.78. The fourth-order valence-corrected chi connectivity index (χ4v) is 1.41. The van der Waals surface area contributed by atoms with E-state index in [0.29, 0.717) is 35.4 Å². The van der Waals surface area contributed by atoms with Crippen LogP contribution in [0.15, 0.2) is 17.1 Å². The van der Waals surface area contributed by atoms with Crippen LogP contribution in [0, 0.1) is 0 Å². The quantitative estimate of drug-likeness (QED) is 0.588. The Kier molecular flexibility index (Phi) is 4.83. The summed E-state index contributed by atoms with van der Waals surface area (Å²) in [5, 5.41) is 0.388. The number of halogens is 1. The van der Waals surface area contributed by atoms with Gasteiger partial charge in [-0.3, -0.25) is 0 Å². The average molecular weight is 242 g/mol. The van der Waals surface area contributed by atoms with Crippen LogP contribution in [0.4, 0.5) is 5.69 Å². The van der Waals surface area contributed by atoms with Crippen molar-refractivity contribution in [3.8, 4) is 11.5 Å². The lowest BCUT2D eigenvalue weighted by Gasteiger charge is -2.10. The highest BCUT2D eigenvalue weighted by molar-refractivity contribution is 6.32. The first-order chi connectivity index (χ1) is 7.72. The summed E-state index contributed by atoms with van der Waals surface area (Å²) < 4.78 is 10.6. The van der Waals surface area contributed by atoms with Gasteiger partial charge in [0.15, 0.2) is 0 Å². The predicted octanol–water partition coefficient (Wildman–Crippen LogP) is 3.10. The van der Waals surface area contributed by atoms with Crippen LogP contribution < -0.4 is 9.47 Å². The van der Waals surface area contributed by atoms with Crippen LogP contribution in [0.2, 0.25) is 5.02 Å². The van der Waals surface area contributed by atoms with Crippen molar-refractivity contribution < 1.29 is 14.3 Å². The SMILES string of the molecule is CCOc1cc(OCC)c(N=C=O)cc1Cl. The van der Waals surface area contributed by atoms with Gasteiger partial charge >= 0.3 is 0 Å². The summed E-state index contributed by atoms with van der Waals surface area (Å²) in [5.74, 6) is 0.969. The molecule has 0 aromatic heterocycles. The molecule has 1 rings (SSSR count). The highest BCUT2D eigenvalue weighted by atomic mass is 35.5. The van der Waals surface area contributed by atoms with E-state index < -0.39 is 0 Å². The lowest BCUT2D eigenvalue weighted by molar-refractivity contribution is 0.324. The molecule has 0 bridgehead atoms. The fraction of sp³-hybridized carbons (Fsp3) is 0.364. The number of rotatable bonds is 5. The Hall–Kier alpha value is -1.51. The van der Waals surface area contributed by atoms with Crippen molar-refractivity contribution in [1.29, 1.82) is 0 Å². The van der Waals surface area contributed by atoms with E-state index >= 15 is 0 Å². The van der Waals surface area contributed by atoms with E-state index in [9.17, 15) is 4.79 Å². The standard InChI is InChI=1S/C11H12ClNO3/c1-3-15-10-6-11(16-4-2)9(13-7-14)5-8(10)12/h5-6H,3-4H2,1-2H3. The van der Waals surface area contributed by atoms with E-state index in [0.717, 1.165) is 0 Å². The largest absolute Gasteiger partial charge is 0.492 e. The van der Waals surface area contributed by atoms with Crippen LogP contribution in [0.5, 0.6) is 11.5 Å². The summed E-state index contributed by atoms with van der Waals surface area (Å²) in [4.78, 5) is 13.7. The summed E-state index contributed by atoms with van der Waals surface area (Å²) in [5.41, 5.74) is 0.352. The Labute approximate surface area is 98.8 Å². The van der Waals surface area contributed by atoms with Crippen LogP contribution in [0.3, 0.4) is 0 Å². The maximum absolute atomic E-state index is 10.2. The van der Waals surface area contributed by atoms with Crippen LogP contribution >= 0.6 is 11.6 Å². The monoisotopic (exact) mass is 241 g/mol. The normalized spacial score (nSPS) is 9.44. The van der Waals surface area contributed by atoms with Crippen LogP contribution in [0.25, 0.3) is 0 Å². The van der Waals surface area contributed by atoms with E-state index in [1.165, 1.54) is 12.1 Å². The molecule has 0 atom stereocenters. The second kappa shape index (κ2) is 6.16. The maximum atomic E-state index is 10.2. The second-order valence-electron chi connectivity index (χ2n) is 2.82. The number of benzene rings is 1. The zero-order chi connectivity index (χ0) is 12.0. The third kappa shape index (κ3) is 2.99. The molecule has 86 valence electrons. The van der Waals surface area contributed by atoms with Gasteiger partial charge in [0, 0.05) is 6.07 Å². The minimum absolute atomic E-state index is 0.352. The molecule has 0 heterocycles. The highest BCUT2D eigenvalue weighted by Crippen LogP contribution is 2.37. The molecule has 0 aliphatic carbocycles. The minimum Gasteiger partial charge on any atom is -0.492 e. The summed E-state index contributed by atoms with van der Waals surface area (Å²) in [7, 11) is 0. The van der Waals surface area contributed by atoms with Gasteiger partial charge < -0.3 is 9.47 Å². The van der Waals surface area contributed by atoms with Gasteiger partial charge in [0.25, 0.3) is 0 Å². The van der Waals surface area contributed by atoms with Gasteiger partial charge in [-0.25, -0.2) is 4.79 Å². The number of ether oxygens (including phenoxy) is 2. The summed E-state index contributed by atoms with van der Waals surface area (Å²) in [6, 6.07) is 3.13. The van der Waals surface area contributed by atoms with E-state index in [-0.39, 0.29) is 0 Å². The lowest BCUT2D eigenvalue weighted by Crippen LogP contribution is -1.96. The number of nitrogens with zero attached hydrogens (tertiary/aromatic N) is 1. The molecule has 0 radical (unpaired) electrons. The van der Waals surface area contributed by atoms with Crippen molar-refractivity contribution in [2.24, 2.45) is 4.99 Å². The summed E-state index contributed by atoms with van der Waals surface area (Å²) in [6.45, 7) is 4.66. The molecule has 0 spiro atoms. The van der Waals surface area contributed by atoms with E-state index in [1.54, 1.807) is 6.07 Å². The molecule has 1 aromatic rings. The Morgan fingerprint density at radius 3 is 2.44 bits per heavy atom. The van der Waals surface area contributed by atoms with Crippen molar-refractivity contribution in [2.75, 3.05) is 13.2 Å². The molecule has 0 unspecified atom stereocenters. The number of aliphatic imine (C=N–C) groups is 1. The van der Waals surface area contributed by atoms with Crippen molar-refractivity contribution in [3.63, 3.8) is 0 Å². The molecule has 1 aromatic carbocycles. The Morgan fingerprint density at radius 1 is 1.25 bits per heavy atom. The van der Waals surface area contributed by atoms with Gasteiger partial charge in [-0.15, -0.1) is 0 Å². The van der Waals surface area contributed by atoms with Crippen molar-refractivity contribution >= 4 is 23.4 Å². The number of hydrogen-bond donors (Lipinski definition) is 0. The van der Waals surface area contributed by atoms with Gasteiger partial charge in [0.2, 0.25) is 6.08 Å². The molecule has 0 saturated carbocycles. The molecule has 0 saturated heterocycles. The Bertz CT molecular complexity index is 414. The second-order valence-corrected chi connectivity index (χ2v) is 3.23. The Morgan fingerprint density at radius 2 is 1.88 bits per heavy atom. The van der Waals surface area contributed by atoms with Gasteiger partial charge in [0.05, 0.1) is 18.2 Å². The molecule has 16 heavy (non-hydrogen) atoms. The van der Waals surface area contributed by atoms with Crippen LogP contribution in [-0.4, -0.2) is 19.3 Å². The summed E-state index contributed by atoms with van der Waals surface area (Å²) >= 11 is 5.95. The molecular weight excluding hydrogens is 230 g/mol. The molecule has 0 N–H and O–H groups in total.